The molecule has 1 rings (SSSR count). The Morgan fingerprint density at radius 3 is 2.77 bits per heavy atom. The molecule has 13 heavy (non-hydrogen) atoms. The Balaban J connectivity index is 3.07. The molecule has 0 radical (unpaired) electrons. The third kappa shape index (κ3) is 2.82. The first-order valence-corrected chi connectivity index (χ1v) is 5.29. The lowest BCUT2D eigenvalue weighted by Gasteiger charge is -2.07. The smallest absolute Gasteiger partial charge is 0.134 e. The van der Waals surface area contributed by atoms with E-state index in [2.05, 4.69) is 15.9 Å². The van der Waals surface area contributed by atoms with Crippen LogP contribution in [0.3, 0.4) is 0 Å². The number of hydrogen-bond acceptors (Lipinski definition) is 1. The van der Waals surface area contributed by atoms with Crippen molar-refractivity contribution in [3.63, 3.8) is 0 Å². The molecule has 0 aliphatic carbocycles. The molecule has 0 saturated carbocycles. The van der Waals surface area contributed by atoms with Crippen LogP contribution >= 0.6 is 27.5 Å². The van der Waals surface area contributed by atoms with E-state index in [9.17, 15) is 4.79 Å². The Labute approximate surface area is 91.2 Å². The van der Waals surface area contributed by atoms with E-state index < -0.39 is 0 Å². The molecule has 0 atom stereocenters. The summed E-state index contributed by atoms with van der Waals surface area (Å²) >= 11 is 9.16. The molecular formula is C10H10BrClO. The van der Waals surface area contributed by atoms with Gasteiger partial charge in [-0.2, -0.15) is 0 Å². The van der Waals surface area contributed by atoms with Gasteiger partial charge in [0.25, 0.3) is 0 Å². The maximum atomic E-state index is 11.0. The molecule has 0 heterocycles. The molecule has 0 saturated heterocycles. The zero-order valence-electron chi connectivity index (χ0n) is 7.31. The molecular weight excluding hydrogens is 251 g/mol. The molecule has 0 aliphatic rings. The maximum Gasteiger partial charge on any atom is 0.134 e. The van der Waals surface area contributed by atoms with Gasteiger partial charge in [0.15, 0.2) is 0 Å². The van der Waals surface area contributed by atoms with Crippen LogP contribution in [-0.4, -0.2) is 5.78 Å². The molecule has 1 aromatic carbocycles. The number of benzene rings is 1. The van der Waals surface area contributed by atoms with Crippen LogP contribution in [0.5, 0.6) is 0 Å². The summed E-state index contributed by atoms with van der Waals surface area (Å²) in [6.45, 7) is 1.58. The highest BCUT2D eigenvalue weighted by molar-refractivity contribution is 9.10. The first kappa shape index (κ1) is 10.7. The minimum atomic E-state index is 0.151. The second-order valence-corrected chi connectivity index (χ2v) is 4.01. The van der Waals surface area contributed by atoms with Crippen molar-refractivity contribution in [2.45, 2.75) is 19.2 Å². The van der Waals surface area contributed by atoms with Crippen LogP contribution in [0.1, 0.15) is 18.1 Å². The monoisotopic (exact) mass is 260 g/mol. The van der Waals surface area contributed by atoms with Gasteiger partial charge in [0.1, 0.15) is 5.78 Å². The van der Waals surface area contributed by atoms with Crippen LogP contribution in [0.15, 0.2) is 22.7 Å². The van der Waals surface area contributed by atoms with Gasteiger partial charge >= 0.3 is 0 Å². The van der Waals surface area contributed by atoms with Gasteiger partial charge in [-0.05, 0) is 24.1 Å². The highest BCUT2D eigenvalue weighted by atomic mass is 79.9. The topological polar surface area (TPSA) is 17.1 Å². The zero-order valence-corrected chi connectivity index (χ0v) is 9.65. The van der Waals surface area contributed by atoms with Crippen LogP contribution in [0.25, 0.3) is 0 Å². The lowest BCUT2D eigenvalue weighted by atomic mass is 10.0. The fourth-order valence-corrected chi connectivity index (χ4v) is 1.97. The summed E-state index contributed by atoms with van der Waals surface area (Å²) in [5.41, 5.74) is 2.02. The number of carbonyl (C=O) groups is 1. The predicted octanol–water partition coefficient (Wildman–Crippen LogP) is 3.32. The van der Waals surface area contributed by atoms with Gasteiger partial charge in [-0.25, -0.2) is 0 Å². The number of ketones is 1. The van der Waals surface area contributed by atoms with Crippen molar-refractivity contribution < 1.29 is 4.79 Å². The minimum absolute atomic E-state index is 0.151. The van der Waals surface area contributed by atoms with Gasteiger partial charge in [0.05, 0.1) is 0 Å². The van der Waals surface area contributed by atoms with Gasteiger partial charge in [-0.3, -0.25) is 4.79 Å². The molecule has 3 heteroatoms. The van der Waals surface area contributed by atoms with Gasteiger partial charge < -0.3 is 0 Å². The molecule has 0 spiro atoms. The lowest BCUT2D eigenvalue weighted by Crippen LogP contribution is -2.00. The molecule has 0 amide bonds. The number of halogens is 2. The Bertz CT molecular complexity index is 323. The van der Waals surface area contributed by atoms with E-state index in [1.165, 1.54) is 0 Å². The summed E-state index contributed by atoms with van der Waals surface area (Å²) in [4.78, 5) is 11.0. The molecule has 0 fully saturated rings. The number of carbonyl (C=O) groups excluding carboxylic acids is 1. The van der Waals surface area contributed by atoms with Crippen molar-refractivity contribution in [2.75, 3.05) is 0 Å². The Kier molecular flexibility index (Phi) is 3.94. The summed E-state index contributed by atoms with van der Waals surface area (Å²) in [6, 6.07) is 5.79. The Morgan fingerprint density at radius 1 is 1.54 bits per heavy atom. The largest absolute Gasteiger partial charge is 0.300 e. The highest BCUT2D eigenvalue weighted by Crippen LogP contribution is 2.22. The fraction of sp³-hybridized carbons (Fsp3) is 0.300. The zero-order chi connectivity index (χ0) is 9.84. The standard InChI is InChI=1S/C10H10BrClO/c1-7(13)5-9-8(6-12)3-2-4-10(9)11/h2-4H,5-6H2,1H3. The van der Waals surface area contributed by atoms with E-state index in [0.29, 0.717) is 12.3 Å². The average Bonchev–Trinajstić information content (AvgIpc) is 2.08. The highest BCUT2D eigenvalue weighted by Gasteiger charge is 2.07. The normalized spacial score (nSPS) is 10.1. The number of hydrogen-bond donors (Lipinski definition) is 0. The third-order valence-corrected chi connectivity index (χ3v) is 2.82. The quantitative estimate of drug-likeness (QED) is 0.763. The van der Waals surface area contributed by atoms with Crippen LogP contribution in [-0.2, 0) is 17.1 Å². The summed E-state index contributed by atoms with van der Waals surface area (Å²) in [5, 5.41) is 0. The van der Waals surface area contributed by atoms with E-state index in [1.54, 1.807) is 6.92 Å². The maximum absolute atomic E-state index is 11.0. The number of rotatable bonds is 3. The lowest BCUT2D eigenvalue weighted by molar-refractivity contribution is -0.116. The summed E-state index contributed by atoms with van der Waals surface area (Å²) in [7, 11) is 0. The second kappa shape index (κ2) is 4.77. The SMILES string of the molecule is CC(=O)Cc1c(Br)cccc1CCl. The van der Waals surface area contributed by atoms with Crippen molar-refractivity contribution in [1.82, 2.24) is 0 Å². The molecule has 1 nitrogen and oxygen atoms in total. The molecule has 0 unspecified atom stereocenters. The molecule has 0 bridgehead atoms. The summed E-state index contributed by atoms with van der Waals surface area (Å²) in [5.74, 6) is 0.598. The number of Topliss-reactive ketones (excluding diaryl/α,β-unsaturated/α-hetero) is 1. The van der Waals surface area contributed by atoms with Crippen LogP contribution in [0.2, 0.25) is 0 Å². The first-order valence-electron chi connectivity index (χ1n) is 3.97. The molecule has 0 aliphatic heterocycles. The molecule has 1 aromatic rings. The van der Waals surface area contributed by atoms with Gasteiger partial charge in [0, 0.05) is 16.8 Å². The van der Waals surface area contributed by atoms with Gasteiger partial charge in [-0.1, -0.05) is 28.1 Å². The van der Waals surface area contributed by atoms with Gasteiger partial charge in [-0.15, -0.1) is 11.6 Å². The van der Waals surface area contributed by atoms with Gasteiger partial charge in [0.2, 0.25) is 0 Å². The Hall–Kier alpha value is -0.340. The minimum Gasteiger partial charge on any atom is -0.300 e. The summed E-state index contributed by atoms with van der Waals surface area (Å²) < 4.78 is 0.959. The average molecular weight is 262 g/mol. The van der Waals surface area contributed by atoms with Crippen molar-refractivity contribution >= 4 is 33.3 Å². The van der Waals surface area contributed by atoms with Crippen LogP contribution < -0.4 is 0 Å². The predicted molar refractivity (Wildman–Crippen MR) is 58.1 cm³/mol. The number of alkyl halides is 1. The van der Waals surface area contributed by atoms with E-state index in [-0.39, 0.29) is 5.78 Å². The molecule has 0 aromatic heterocycles. The van der Waals surface area contributed by atoms with Crippen molar-refractivity contribution in [3.05, 3.63) is 33.8 Å². The fourth-order valence-electron chi connectivity index (χ4n) is 1.18. The summed E-state index contributed by atoms with van der Waals surface area (Å²) in [6.07, 6.45) is 0.448. The van der Waals surface area contributed by atoms with Crippen LogP contribution in [0, 0.1) is 0 Å². The van der Waals surface area contributed by atoms with E-state index >= 15 is 0 Å². The van der Waals surface area contributed by atoms with E-state index in [4.69, 9.17) is 11.6 Å². The third-order valence-electron chi connectivity index (χ3n) is 1.79. The van der Waals surface area contributed by atoms with E-state index in [1.807, 2.05) is 18.2 Å². The molecule has 0 N–H and O–H groups in total. The van der Waals surface area contributed by atoms with Crippen molar-refractivity contribution in [2.24, 2.45) is 0 Å². The molecule has 70 valence electrons. The Morgan fingerprint density at radius 2 is 2.23 bits per heavy atom. The van der Waals surface area contributed by atoms with Crippen LogP contribution in [0.4, 0.5) is 0 Å². The first-order chi connectivity index (χ1) is 6.15. The van der Waals surface area contributed by atoms with Crippen molar-refractivity contribution in [3.8, 4) is 0 Å². The van der Waals surface area contributed by atoms with Crippen molar-refractivity contribution in [1.29, 1.82) is 0 Å². The van der Waals surface area contributed by atoms with E-state index in [0.717, 1.165) is 15.6 Å². The second-order valence-electron chi connectivity index (χ2n) is 2.89.